The molecule has 25 heavy (non-hydrogen) atoms. The van der Waals surface area contributed by atoms with Gasteiger partial charge in [0.1, 0.15) is 5.69 Å². The van der Waals surface area contributed by atoms with Crippen molar-refractivity contribution < 1.29 is 4.79 Å². The Labute approximate surface area is 145 Å². The molecule has 128 valence electrons. The van der Waals surface area contributed by atoms with Crippen LogP contribution in [0.3, 0.4) is 0 Å². The molecule has 4 rings (SSSR count). The molecule has 1 saturated heterocycles. The Morgan fingerprint density at radius 2 is 2.16 bits per heavy atom. The molecule has 1 amide bonds. The molecule has 7 nitrogen and oxygen atoms in total. The van der Waals surface area contributed by atoms with E-state index in [2.05, 4.69) is 28.4 Å². The van der Waals surface area contributed by atoms with Gasteiger partial charge in [-0.15, -0.1) is 5.10 Å². The first-order chi connectivity index (χ1) is 12.2. The van der Waals surface area contributed by atoms with Gasteiger partial charge in [0.25, 0.3) is 0 Å². The summed E-state index contributed by atoms with van der Waals surface area (Å²) in [6, 6.07) is 8.06. The average Bonchev–Trinajstić information content (AvgIpc) is 3.35. The number of benzene rings is 1. The molecule has 3 aromatic rings. The monoisotopic (exact) mass is 336 g/mol. The minimum absolute atomic E-state index is 0.241. The molecule has 1 fully saturated rings. The van der Waals surface area contributed by atoms with Crippen LogP contribution in [-0.2, 0) is 11.3 Å². The summed E-state index contributed by atoms with van der Waals surface area (Å²) in [7, 11) is 0. The number of amides is 1. The van der Waals surface area contributed by atoms with Crippen molar-refractivity contribution in [1.82, 2.24) is 29.7 Å². The van der Waals surface area contributed by atoms with Crippen molar-refractivity contribution in [2.45, 2.75) is 26.3 Å². The third kappa shape index (κ3) is 3.17. The van der Waals surface area contributed by atoms with Gasteiger partial charge in [-0.25, -0.2) is 4.68 Å². The van der Waals surface area contributed by atoms with Gasteiger partial charge < -0.3 is 4.90 Å². The standard InChI is InChI=1S/C18H20N6O/c1-14-12-15(24-9-3-7-19-24)5-6-16(14)17-13-23(21-20-17)11-10-22-8-2-4-18(22)25/h3,5-7,9,12-13H,2,4,8,10-11H2,1H3. The van der Waals surface area contributed by atoms with Crippen LogP contribution in [0.2, 0.25) is 0 Å². The highest BCUT2D eigenvalue weighted by atomic mass is 16.2. The number of nitrogens with zero attached hydrogens (tertiary/aromatic N) is 6. The maximum Gasteiger partial charge on any atom is 0.222 e. The van der Waals surface area contributed by atoms with Gasteiger partial charge in [0.05, 0.1) is 18.4 Å². The van der Waals surface area contributed by atoms with E-state index in [-0.39, 0.29) is 5.91 Å². The molecule has 0 unspecified atom stereocenters. The van der Waals surface area contributed by atoms with Crippen molar-refractivity contribution in [3.8, 4) is 16.9 Å². The molecule has 0 radical (unpaired) electrons. The van der Waals surface area contributed by atoms with Crippen LogP contribution in [0, 0.1) is 6.92 Å². The van der Waals surface area contributed by atoms with Gasteiger partial charge in [0, 0.05) is 37.5 Å². The highest BCUT2D eigenvalue weighted by Crippen LogP contribution is 2.23. The van der Waals surface area contributed by atoms with Crippen LogP contribution in [0.25, 0.3) is 16.9 Å². The van der Waals surface area contributed by atoms with Gasteiger partial charge in [-0.2, -0.15) is 5.10 Å². The fourth-order valence-corrected chi connectivity index (χ4v) is 3.19. The Morgan fingerprint density at radius 1 is 1.24 bits per heavy atom. The normalized spacial score (nSPS) is 14.4. The number of hydrogen-bond acceptors (Lipinski definition) is 4. The topological polar surface area (TPSA) is 68.8 Å². The molecule has 0 N–H and O–H groups in total. The molecule has 2 aromatic heterocycles. The van der Waals surface area contributed by atoms with Crippen LogP contribution < -0.4 is 0 Å². The molecular formula is C18H20N6O. The largest absolute Gasteiger partial charge is 0.341 e. The highest BCUT2D eigenvalue weighted by Gasteiger charge is 2.19. The van der Waals surface area contributed by atoms with Crippen LogP contribution >= 0.6 is 0 Å². The van der Waals surface area contributed by atoms with Gasteiger partial charge in [-0.1, -0.05) is 11.3 Å². The molecule has 0 atom stereocenters. The number of rotatable bonds is 5. The van der Waals surface area contributed by atoms with E-state index >= 15 is 0 Å². The van der Waals surface area contributed by atoms with Crippen molar-refractivity contribution in [1.29, 1.82) is 0 Å². The second kappa shape index (κ2) is 6.51. The third-order valence-electron chi connectivity index (χ3n) is 4.56. The van der Waals surface area contributed by atoms with E-state index < -0.39 is 0 Å². The fourth-order valence-electron chi connectivity index (χ4n) is 3.19. The lowest BCUT2D eigenvalue weighted by atomic mass is 10.1. The average molecular weight is 336 g/mol. The van der Waals surface area contributed by atoms with Crippen molar-refractivity contribution in [2.24, 2.45) is 0 Å². The predicted molar refractivity (Wildman–Crippen MR) is 93.1 cm³/mol. The molecule has 0 spiro atoms. The molecule has 1 aromatic carbocycles. The van der Waals surface area contributed by atoms with E-state index in [4.69, 9.17) is 0 Å². The number of likely N-dealkylation sites (tertiary alicyclic amines) is 1. The van der Waals surface area contributed by atoms with Gasteiger partial charge in [-0.3, -0.25) is 9.48 Å². The first-order valence-corrected chi connectivity index (χ1v) is 8.50. The molecule has 0 saturated carbocycles. The Morgan fingerprint density at radius 3 is 2.88 bits per heavy atom. The lowest BCUT2D eigenvalue weighted by molar-refractivity contribution is -0.127. The van der Waals surface area contributed by atoms with Gasteiger partial charge in [0.2, 0.25) is 5.91 Å². The van der Waals surface area contributed by atoms with E-state index in [0.717, 1.165) is 35.5 Å². The summed E-state index contributed by atoms with van der Waals surface area (Å²) in [5.74, 6) is 0.241. The lowest BCUT2D eigenvalue weighted by Crippen LogP contribution is -2.28. The molecule has 1 aliphatic rings. The summed E-state index contributed by atoms with van der Waals surface area (Å²) in [5, 5.41) is 12.7. The first-order valence-electron chi connectivity index (χ1n) is 8.50. The maximum absolute atomic E-state index is 11.7. The Bertz CT molecular complexity index is 883. The Kier molecular flexibility index (Phi) is 4.05. The second-order valence-corrected chi connectivity index (χ2v) is 6.30. The first kappa shape index (κ1) is 15.6. The van der Waals surface area contributed by atoms with Crippen LogP contribution in [0.15, 0.2) is 42.9 Å². The Balaban J connectivity index is 1.49. The van der Waals surface area contributed by atoms with Crippen molar-refractivity contribution in [2.75, 3.05) is 13.1 Å². The molecule has 0 bridgehead atoms. The van der Waals surface area contributed by atoms with Crippen molar-refractivity contribution in [3.05, 3.63) is 48.4 Å². The zero-order chi connectivity index (χ0) is 17.2. The summed E-state index contributed by atoms with van der Waals surface area (Å²) in [4.78, 5) is 13.6. The molecule has 7 heteroatoms. The second-order valence-electron chi connectivity index (χ2n) is 6.30. The van der Waals surface area contributed by atoms with E-state index in [1.54, 1.807) is 6.20 Å². The van der Waals surface area contributed by atoms with Crippen molar-refractivity contribution in [3.63, 3.8) is 0 Å². The number of aromatic nitrogens is 5. The van der Waals surface area contributed by atoms with E-state index in [0.29, 0.717) is 19.5 Å². The molecule has 1 aliphatic heterocycles. The minimum atomic E-state index is 0.241. The highest BCUT2D eigenvalue weighted by molar-refractivity contribution is 5.78. The molecule has 3 heterocycles. The van der Waals surface area contributed by atoms with E-state index in [9.17, 15) is 4.79 Å². The molecular weight excluding hydrogens is 316 g/mol. The van der Waals surface area contributed by atoms with Crippen LogP contribution in [0.5, 0.6) is 0 Å². The summed E-state index contributed by atoms with van der Waals surface area (Å²) < 4.78 is 3.64. The SMILES string of the molecule is Cc1cc(-n2cccn2)ccc1-c1cn(CCN2CCCC2=O)nn1. The summed E-state index contributed by atoms with van der Waals surface area (Å²) >= 11 is 0. The minimum Gasteiger partial charge on any atom is -0.341 e. The number of carbonyl (C=O) groups excluding carboxylic acids is 1. The number of aryl methyl sites for hydroxylation is 1. The number of carbonyl (C=O) groups is 1. The molecule has 0 aliphatic carbocycles. The maximum atomic E-state index is 11.7. The summed E-state index contributed by atoms with van der Waals surface area (Å²) in [6.07, 6.45) is 7.26. The summed E-state index contributed by atoms with van der Waals surface area (Å²) in [6.45, 7) is 4.28. The van der Waals surface area contributed by atoms with E-state index in [1.165, 1.54) is 0 Å². The Hall–Kier alpha value is -2.96. The summed E-state index contributed by atoms with van der Waals surface area (Å²) in [5.41, 5.74) is 4.04. The van der Waals surface area contributed by atoms with Gasteiger partial charge >= 0.3 is 0 Å². The fraction of sp³-hybridized carbons (Fsp3) is 0.333. The lowest BCUT2D eigenvalue weighted by Gasteiger charge is -2.14. The van der Waals surface area contributed by atoms with Gasteiger partial charge in [0.15, 0.2) is 0 Å². The zero-order valence-corrected chi connectivity index (χ0v) is 14.2. The smallest absolute Gasteiger partial charge is 0.222 e. The van der Waals surface area contributed by atoms with Crippen LogP contribution in [0.4, 0.5) is 0 Å². The van der Waals surface area contributed by atoms with Gasteiger partial charge in [-0.05, 0) is 37.1 Å². The van der Waals surface area contributed by atoms with Crippen molar-refractivity contribution >= 4 is 5.91 Å². The predicted octanol–water partition coefficient (Wildman–Crippen LogP) is 2.06. The number of hydrogen-bond donors (Lipinski definition) is 0. The van der Waals surface area contributed by atoms with E-state index in [1.807, 2.05) is 44.9 Å². The van der Waals surface area contributed by atoms with Crippen LogP contribution in [0.1, 0.15) is 18.4 Å². The zero-order valence-electron chi connectivity index (χ0n) is 14.2. The third-order valence-corrected chi connectivity index (χ3v) is 4.56. The quantitative estimate of drug-likeness (QED) is 0.715. The van der Waals surface area contributed by atoms with Crippen LogP contribution in [-0.4, -0.2) is 48.7 Å².